The summed E-state index contributed by atoms with van der Waals surface area (Å²) >= 11 is 5.55. The van der Waals surface area contributed by atoms with Crippen LogP contribution >= 0.6 is 11.6 Å². The van der Waals surface area contributed by atoms with E-state index in [1.54, 1.807) is 6.92 Å². The fraction of sp³-hybridized carbons (Fsp3) is 0.300. The van der Waals surface area contributed by atoms with Gasteiger partial charge in [0, 0.05) is 6.07 Å². The van der Waals surface area contributed by atoms with Gasteiger partial charge in [0.1, 0.15) is 0 Å². The number of esters is 1. The van der Waals surface area contributed by atoms with Gasteiger partial charge >= 0.3 is 5.97 Å². The van der Waals surface area contributed by atoms with Gasteiger partial charge < -0.3 is 13.7 Å². The first-order valence-electron chi connectivity index (χ1n) is 4.89. The average molecular weight is 257 g/mol. The molecule has 0 bridgehead atoms. The molecule has 0 aliphatic rings. The molecule has 0 aromatic carbocycles. The zero-order valence-corrected chi connectivity index (χ0v) is 9.73. The molecule has 17 heavy (non-hydrogen) atoms. The summed E-state index contributed by atoms with van der Waals surface area (Å²) in [5, 5.41) is 3.58. The molecule has 0 aliphatic heterocycles. The molecule has 7 heteroatoms. The Morgan fingerprint density at radius 3 is 3.00 bits per heavy atom. The maximum absolute atomic E-state index is 11.3. The highest BCUT2D eigenvalue weighted by Gasteiger charge is 2.17. The Bertz CT molecular complexity index is 520. The first-order chi connectivity index (χ1) is 8.24. The molecule has 0 spiro atoms. The number of hydrogen-bond acceptors (Lipinski definition) is 6. The molecule has 0 atom stereocenters. The maximum Gasteiger partial charge on any atom is 0.360 e. The van der Waals surface area contributed by atoms with E-state index < -0.39 is 5.97 Å². The Morgan fingerprint density at radius 2 is 2.35 bits per heavy atom. The summed E-state index contributed by atoms with van der Waals surface area (Å²) in [5.74, 6) is 0.662. The van der Waals surface area contributed by atoms with E-state index in [2.05, 4.69) is 10.1 Å². The molecule has 90 valence electrons. The van der Waals surface area contributed by atoms with Crippen molar-refractivity contribution in [3.8, 4) is 11.5 Å². The molecule has 2 heterocycles. The van der Waals surface area contributed by atoms with E-state index in [1.165, 1.54) is 12.3 Å². The number of ether oxygens (including phenoxy) is 1. The van der Waals surface area contributed by atoms with Crippen molar-refractivity contribution in [2.75, 3.05) is 6.61 Å². The van der Waals surface area contributed by atoms with Gasteiger partial charge in [0.05, 0.1) is 18.7 Å². The van der Waals surface area contributed by atoms with Crippen molar-refractivity contribution < 1.29 is 18.5 Å². The van der Waals surface area contributed by atoms with Crippen LogP contribution in [0.4, 0.5) is 0 Å². The topological polar surface area (TPSA) is 78.4 Å². The minimum absolute atomic E-state index is 0.0886. The van der Waals surface area contributed by atoms with Crippen LogP contribution in [-0.2, 0) is 10.6 Å². The molecular weight excluding hydrogens is 248 g/mol. The van der Waals surface area contributed by atoms with Crippen LogP contribution in [0.5, 0.6) is 0 Å². The van der Waals surface area contributed by atoms with Crippen LogP contribution in [0.1, 0.15) is 23.3 Å². The third-order valence-corrected chi connectivity index (χ3v) is 2.13. The molecule has 0 fully saturated rings. The molecule has 0 saturated carbocycles. The molecule has 0 aliphatic carbocycles. The monoisotopic (exact) mass is 256 g/mol. The number of oxazole rings is 1. The molecule has 2 rings (SSSR count). The van der Waals surface area contributed by atoms with Crippen molar-refractivity contribution >= 4 is 17.6 Å². The Labute approximate surface area is 102 Å². The lowest BCUT2D eigenvalue weighted by atomic mass is 10.3. The van der Waals surface area contributed by atoms with Crippen LogP contribution in [0.2, 0.25) is 0 Å². The minimum atomic E-state index is -0.542. The van der Waals surface area contributed by atoms with Crippen molar-refractivity contribution in [3.63, 3.8) is 0 Å². The maximum atomic E-state index is 11.3. The summed E-state index contributed by atoms with van der Waals surface area (Å²) in [5.41, 5.74) is 0.0886. The van der Waals surface area contributed by atoms with E-state index in [4.69, 9.17) is 25.3 Å². The number of halogens is 1. The van der Waals surface area contributed by atoms with Crippen molar-refractivity contribution in [1.82, 2.24) is 10.1 Å². The third kappa shape index (κ3) is 2.47. The van der Waals surface area contributed by atoms with Gasteiger partial charge in [-0.2, -0.15) is 0 Å². The highest BCUT2D eigenvalue weighted by Crippen LogP contribution is 2.22. The minimum Gasteiger partial charge on any atom is -0.461 e. The Kier molecular flexibility index (Phi) is 3.43. The van der Waals surface area contributed by atoms with E-state index in [9.17, 15) is 4.79 Å². The van der Waals surface area contributed by atoms with Crippen LogP contribution in [-0.4, -0.2) is 22.7 Å². The number of rotatable bonds is 4. The third-order valence-electron chi connectivity index (χ3n) is 1.91. The van der Waals surface area contributed by atoms with Crippen LogP contribution in [0, 0.1) is 0 Å². The molecular formula is C10H9ClN2O4. The standard InChI is InChI=1S/C10H9ClN2O4/c1-2-15-10(14)6-3-7(17-13-6)8-5-12-9(4-11)16-8/h3,5H,2,4H2,1H3. The lowest BCUT2D eigenvalue weighted by molar-refractivity contribution is 0.0514. The Balaban J connectivity index is 2.20. The molecule has 0 amide bonds. The predicted octanol–water partition coefficient (Wildman–Crippen LogP) is 2.25. The first kappa shape index (κ1) is 11.7. The second-order valence-corrected chi connectivity index (χ2v) is 3.32. The fourth-order valence-electron chi connectivity index (χ4n) is 1.18. The number of carbonyl (C=O) groups excluding carboxylic acids is 1. The highest BCUT2D eigenvalue weighted by atomic mass is 35.5. The summed E-state index contributed by atoms with van der Waals surface area (Å²) in [6.07, 6.45) is 1.45. The lowest BCUT2D eigenvalue weighted by Crippen LogP contribution is -2.04. The number of hydrogen-bond donors (Lipinski definition) is 0. The van der Waals surface area contributed by atoms with Gasteiger partial charge in [0.15, 0.2) is 11.5 Å². The normalized spacial score (nSPS) is 10.5. The molecule has 0 radical (unpaired) electrons. The lowest BCUT2D eigenvalue weighted by Gasteiger charge is -1.94. The summed E-state index contributed by atoms with van der Waals surface area (Å²) in [7, 11) is 0. The van der Waals surface area contributed by atoms with Crippen molar-refractivity contribution in [1.29, 1.82) is 0 Å². The van der Waals surface area contributed by atoms with Crippen LogP contribution in [0.3, 0.4) is 0 Å². The zero-order chi connectivity index (χ0) is 12.3. The molecule has 0 unspecified atom stereocenters. The van der Waals surface area contributed by atoms with Crippen LogP contribution in [0.15, 0.2) is 21.2 Å². The van der Waals surface area contributed by atoms with Crippen molar-refractivity contribution in [3.05, 3.63) is 23.8 Å². The largest absolute Gasteiger partial charge is 0.461 e. The van der Waals surface area contributed by atoms with E-state index in [0.717, 1.165) is 0 Å². The van der Waals surface area contributed by atoms with Gasteiger partial charge in [-0.05, 0) is 6.92 Å². The fourth-order valence-corrected chi connectivity index (χ4v) is 1.30. The SMILES string of the molecule is CCOC(=O)c1cc(-c2cnc(CCl)o2)on1. The predicted molar refractivity (Wildman–Crippen MR) is 57.5 cm³/mol. The molecule has 2 aromatic heterocycles. The van der Waals surface area contributed by atoms with Gasteiger partial charge in [-0.3, -0.25) is 0 Å². The van der Waals surface area contributed by atoms with Crippen LogP contribution < -0.4 is 0 Å². The van der Waals surface area contributed by atoms with E-state index in [1.807, 2.05) is 0 Å². The molecule has 6 nitrogen and oxygen atoms in total. The van der Waals surface area contributed by atoms with Gasteiger partial charge in [0.25, 0.3) is 0 Å². The van der Waals surface area contributed by atoms with Gasteiger partial charge in [-0.15, -0.1) is 11.6 Å². The van der Waals surface area contributed by atoms with E-state index in [0.29, 0.717) is 17.4 Å². The summed E-state index contributed by atoms with van der Waals surface area (Å²) < 4.78 is 15.0. The quantitative estimate of drug-likeness (QED) is 0.617. The summed E-state index contributed by atoms with van der Waals surface area (Å²) in [6, 6.07) is 1.43. The molecule has 2 aromatic rings. The zero-order valence-electron chi connectivity index (χ0n) is 8.97. The first-order valence-corrected chi connectivity index (χ1v) is 5.43. The number of aromatic nitrogens is 2. The van der Waals surface area contributed by atoms with Crippen molar-refractivity contribution in [2.24, 2.45) is 0 Å². The Hall–Kier alpha value is -1.82. The highest BCUT2D eigenvalue weighted by molar-refractivity contribution is 6.16. The molecule has 0 saturated heterocycles. The van der Waals surface area contributed by atoms with Crippen LogP contribution in [0.25, 0.3) is 11.5 Å². The van der Waals surface area contributed by atoms with Gasteiger partial charge in [-0.1, -0.05) is 5.16 Å². The number of alkyl halides is 1. The summed E-state index contributed by atoms with van der Waals surface area (Å²) in [6.45, 7) is 1.99. The second-order valence-electron chi connectivity index (χ2n) is 3.05. The second kappa shape index (κ2) is 5.01. The van der Waals surface area contributed by atoms with Crippen molar-refractivity contribution in [2.45, 2.75) is 12.8 Å². The summed E-state index contributed by atoms with van der Waals surface area (Å²) in [4.78, 5) is 15.2. The Morgan fingerprint density at radius 1 is 1.53 bits per heavy atom. The van der Waals surface area contributed by atoms with E-state index in [-0.39, 0.29) is 18.2 Å². The molecule has 0 N–H and O–H groups in total. The van der Waals surface area contributed by atoms with Gasteiger partial charge in [-0.25, -0.2) is 9.78 Å². The van der Waals surface area contributed by atoms with E-state index >= 15 is 0 Å². The number of nitrogens with zero attached hydrogens (tertiary/aromatic N) is 2. The average Bonchev–Trinajstić information content (AvgIpc) is 2.98. The smallest absolute Gasteiger partial charge is 0.360 e. The number of carbonyl (C=O) groups is 1. The van der Waals surface area contributed by atoms with Gasteiger partial charge in [0.2, 0.25) is 11.7 Å².